The van der Waals surface area contributed by atoms with Gasteiger partial charge in [0.15, 0.2) is 0 Å². The molecule has 6 nitrogen and oxygen atoms in total. The van der Waals surface area contributed by atoms with Crippen LogP contribution in [-0.2, 0) is 16.0 Å². The van der Waals surface area contributed by atoms with E-state index in [0.29, 0.717) is 11.3 Å². The number of ether oxygens (including phenoxy) is 1. The summed E-state index contributed by atoms with van der Waals surface area (Å²) in [7, 11) is 0. The lowest BCUT2D eigenvalue weighted by atomic mass is 10.2. The zero-order valence-electron chi connectivity index (χ0n) is 10.6. The Bertz CT molecular complexity index is 452. The van der Waals surface area contributed by atoms with Gasteiger partial charge in [0, 0.05) is 6.20 Å². The van der Waals surface area contributed by atoms with Gasteiger partial charge in [-0.05, 0) is 32.4 Å². The predicted octanol–water partition coefficient (Wildman–Crippen LogP) is 2.06. The van der Waals surface area contributed by atoms with E-state index in [9.17, 15) is 9.59 Å². The van der Waals surface area contributed by atoms with Crippen LogP contribution in [0.1, 0.15) is 26.3 Å². The van der Waals surface area contributed by atoms with E-state index >= 15 is 0 Å². The van der Waals surface area contributed by atoms with Gasteiger partial charge < -0.3 is 9.84 Å². The van der Waals surface area contributed by atoms with E-state index < -0.39 is 17.7 Å². The van der Waals surface area contributed by atoms with Crippen LogP contribution in [0.25, 0.3) is 0 Å². The van der Waals surface area contributed by atoms with E-state index in [4.69, 9.17) is 9.84 Å². The summed E-state index contributed by atoms with van der Waals surface area (Å²) in [4.78, 5) is 25.9. The molecule has 0 aliphatic heterocycles. The van der Waals surface area contributed by atoms with Gasteiger partial charge in [-0.1, -0.05) is 0 Å². The molecular formula is C12H16N2O4. The molecule has 0 fully saturated rings. The van der Waals surface area contributed by atoms with Gasteiger partial charge in [-0.2, -0.15) is 0 Å². The molecule has 1 aromatic rings. The first-order valence-corrected chi connectivity index (χ1v) is 5.42. The maximum Gasteiger partial charge on any atom is 0.412 e. The van der Waals surface area contributed by atoms with Crippen LogP contribution < -0.4 is 5.32 Å². The Morgan fingerprint density at radius 1 is 1.39 bits per heavy atom. The van der Waals surface area contributed by atoms with Crippen molar-refractivity contribution >= 4 is 17.7 Å². The lowest BCUT2D eigenvalue weighted by Gasteiger charge is -2.19. The lowest BCUT2D eigenvalue weighted by Crippen LogP contribution is -2.27. The van der Waals surface area contributed by atoms with E-state index in [2.05, 4.69) is 10.3 Å². The highest BCUT2D eigenvalue weighted by molar-refractivity contribution is 5.84. The van der Waals surface area contributed by atoms with Gasteiger partial charge in [-0.25, -0.2) is 4.79 Å². The molecular weight excluding hydrogens is 236 g/mol. The average Bonchev–Trinajstić information content (AvgIpc) is 2.13. The number of nitrogens with one attached hydrogen (secondary N) is 1. The molecule has 98 valence electrons. The molecule has 0 unspecified atom stereocenters. The quantitative estimate of drug-likeness (QED) is 0.859. The first kappa shape index (κ1) is 14.0. The van der Waals surface area contributed by atoms with Crippen LogP contribution in [0.5, 0.6) is 0 Å². The Morgan fingerprint density at radius 3 is 2.61 bits per heavy atom. The normalized spacial score (nSPS) is 10.8. The number of carbonyl (C=O) groups is 2. The fourth-order valence-corrected chi connectivity index (χ4v) is 1.25. The zero-order chi connectivity index (χ0) is 13.8. The summed E-state index contributed by atoms with van der Waals surface area (Å²) in [6.45, 7) is 5.27. The fraction of sp³-hybridized carbons (Fsp3) is 0.417. The summed E-state index contributed by atoms with van der Waals surface area (Å²) in [6.07, 6.45) is 2.12. The van der Waals surface area contributed by atoms with Crippen molar-refractivity contribution in [3.63, 3.8) is 0 Å². The molecule has 0 saturated carbocycles. The Balaban J connectivity index is 2.67. The molecule has 0 atom stereocenters. The molecule has 18 heavy (non-hydrogen) atoms. The molecule has 0 radical (unpaired) electrons. The second kappa shape index (κ2) is 5.48. The van der Waals surface area contributed by atoms with Crippen molar-refractivity contribution < 1.29 is 19.4 Å². The van der Waals surface area contributed by atoms with E-state index in [1.807, 2.05) is 0 Å². The van der Waals surface area contributed by atoms with Gasteiger partial charge in [0.1, 0.15) is 5.60 Å². The fourth-order valence-electron chi connectivity index (χ4n) is 1.25. The smallest absolute Gasteiger partial charge is 0.412 e. The van der Waals surface area contributed by atoms with Crippen molar-refractivity contribution in [1.29, 1.82) is 0 Å². The summed E-state index contributed by atoms with van der Waals surface area (Å²) >= 11 is 0. The summed E-state index contributed by atoms with van der Waals surface area (Å²) < 4.78 is 5.07. The second-order valence-electron chi connectivity index (χ2n) is 4.78. The largest absolute Gasteiger partial charge is 0.481 e. The lowest BCUT2D eigenvalue weighted by molar-refractivity contribution is -0.136. The molecule has 0 saturated heterocycles. The summed E-state index contributed by atoms with van der Waals surface area (Å²) in [5, 5.41) is 11.1. The number of aromatic nitrogens is 1. The minimum absolute atomic E-state index is 0.142. The van der Waals surface area contributed by atoms with Gasteiger partial charge in [0.2, 0.25) is 0 Å². The minimum atomic E-state index is -0.953. The number of hydrogen-bond donors (Lipinski definition) is 2. The van der Waals surface area contributed by atoms with E-state index in [1.54, 1.807) is 26.8 Å². The van der Waals surface area contributed by atoms with E-state index in [1.165, 1.54) is 12.4 Å². The number of carboxylic acid groups (broad SMARTS) is 1. The predicted molar refractivity (Wildman–Crippen MR) is 65.4 cm³/mol. The summed E-state index contributed by atoms with van der Waals surface area (Å²) in [5.74, 6) is -0.953. The van der Waals surface area contributed by atoms with E-state index in [0.717, 1.165) is 0 Å². The Kier molecular flexibility index (Phi) is 4.25. The van der Waals surface area contributed by atoms with Crippen LogP contribution in [0, 0.1) is 0 Å². The number of amides is 1. The SMILES string of the molecule is CC(C)(C)OC(=O)Nc1cncc(CC(=O)O)c1. The van der Waals surface area contributed by atoms with Crippen molar-refractivity contribution in [3.05, 3.63) is 24.0 Å². The standard InChI is InChI=1S/C12H16N2O4/c1-12(2,3)18-11(17)14-9-4-8(5-10(15)16)6-13-7-9/h4,6-7H,5H2,1-3H3,(H,14,17)(H,15,16). The van der Waals surface area contributed by atoms with Crippen LogP contribution in [0.15, 0.2) is 18.5 Å². The molecule has 0 bridgehead atoms. The molecule has 2 N–H and O–H groups in total. The summed E-state index contributed by atoms with van der Waals surface area (Å²) in [5.41, 5.74) is 0.329. The summed E-state index contributed by atoms with van der Waals surface area (Å²) in [6, 6.07) is 1.55. The highest BCUT2D eigenvalue weighted by Crippen LogP contribution is 2.12. The number of carbonyl (C=O) groups excluding carboxylic acids is 1. The first-order chi connectivity index (χ1) is 8.26. The van der Waals surface area contributed by atoms with Crippen LogP contribution in [0.3, 0.4) is 0 Å². The van der Waals surface area contributed by atoms with Crippen molar-refractivity contribution in [3.8, 4) is 0 Å². The molecule has 0 aliphatic carbocycles. The van der Waals surface area contributed by atoms with Gasteiger partial charge in [-0.15, -0.1) is 0 Å². The molecule has 0 aromatic carbocycles. The minimum Gasteiger partial charge on any atom is -0.481 e. The maximum atomic E-state index is 11.5. The molecule has 6 heteroatoms. The first-order valence-electron chi connectivity index (χ1n) is 5.42. The topological polar surface area (TPSA) is 88.5 Å². The number of anilines is 1. The average molecular weight is 252 g/mol. The van der Waals surface area contributed by atoms with Crippen LogP contribution in [-0.4, -0.2) is 27.8 Å². The number of hydrogen-bond acceptors (Lipinski definition) is 4. The van der Waals surface area contributed by atoms with Crippen molar-refractivity contribution in [2.45, 2.75) is 32.8 Å². The number of aliphatic carboxylic acids is 1. The third-order valence-electron chi connectivity index (χ3n) is 1.80. The molecule has 1 heterocycles. The third kappa shape index (κ3) is 5.29. The molecule has 1 rings (SSSR count). The van der Waals surface area contributed by atoms with Gasteiger partial charge in [-0.3, -0.25) is 15.1 Å². The third-order valence-corrected chi connectivity index (χ3v) is 1.80. The number of carboxylic acids is 1. The maximum absolute atomic E-state index is 11.5. The van der Waals surface area contributed by atoms with Crippen molar-refractivity contribution in [2.24, 2.45) is 0 Å². The molecule has 1 amide bonds. The van der Waals surface area contributed by atoms with E-state index in [-0.39, 0.29) is 6.42 Å². The Morgan fingerprint density at radius 2 is 2.06 bits per heavy atom. The van der Waals surface area contributed by atoms with Crippen LogP contribution in [0.2, 0.25) is 0 Å². The number of pyridine rings is 1. The number of nitrogens with zero attached hydrogens (tertiary/aromatic N) is 1. The van der Waals surface area contributed by atoms with Gasteiger partial charge in [0.25, 0.3) is 0 Å². The highest BCUT2D eigenvalue weighted by atomic mass is 16.6. The van der Waals surface area contributed by atoms with Crippen molar-refractivity contribution in [1.82, 2.24) is 4.98 Å². The molecule has 0 aliphatic rings. The van der Waals surface area contributed by atoms with Crippen molar-refractivity contribution in [2.75, 3.05) is 5.32 Å². The van der Waals surface area contributed by atoms with Gasteiger partial charge >= 0.3 is 12.1 Å². The molecule has 1 aromatic heterocycles. The molecule has 0 spiro atoms. The highest BCUT2D eigenvalue weighted by Gasteiger charge is 2.16. The zero-order valence-corrected chi connectivity index (χ0v) is 10.6. The van der Waals surface area contributed by atoms with Crippen LogP contribution >= 0.6 is 0 Å². The Hall–Kier alpha value is -2.11. The monoisotopic (exact) mass is 252 g/mol. The van der Waals surface area contributed by atoms with Crippen LogP contribution in [0.4, 0.5) is 10.5 Å². The Labute approximate surface area is 105 Å². The second-order valence-corrected chi connectivity index (χ2v) is 4.78. The number of rotatable bonds is 3. The van der Waals surface area contributed by atoms with Gasteiger partial charge in [0.05, 0.1) is 18.3 Å².